The molecule has 2 nitrogen and oxygen atoms in total. The molecule has 1 atom stereocenters. The first-order valence-electron chi connectivity index (χ1n) is 6.91. The summed E-state index contributed by atoms with van der Waals surface area (Å²) in [5.41, 5.74) is 1.30. The molecule has 3 rings (SSSR count). The first kappa shape index (κ1) is 13.3. The second-order valence-corrected chi connectivity index (χ2v) is 7.24. The molecule has 0 bridgehead atoms. The molecule has 1 fully saturated rings. The molecule has 1 aliphatic carbocycles. The van der Waals surface area contributed by atoms with E-state index in [4.69, 9.17) is 11.6 Å². The van der Waals surface area contributed by atoms with Crippen LogP contribution in [0.3, 0.4) is 0 Å². The molecule has 0 spiro atoms. The van der Waals surface area contributed by atoms with Crippen LogP contribution in [0.15, 0.2) is 29.2 Å². The van der Waals surface area contributed by atoms with Gasteiger partial charge in [0.05, 0.1) is 5.25 Å². The lowest BCUT2D eigenvalue weighted by molar-refractivity contribution is -0.121. The molecule has 0 aromatic heterocycles. The Balaban J connectivity index is 1.55. The molecule has 1 amide bonds. The van der Waals surface area contributed by atoms with Gasteiger partial charge in [-0.15, -0.1) is 23.4 Å². The van der Waals surface area contributed by atoms with E-state index in [2.05, 4.69) is 17.4 Å². The third-order valence-electron chi connectivity index (χ3n) is 3.94. The van der Waals surface area contributed by atoms with Crippen LogP contribution in [0.5, 0.6) is 0 Å². The van der Waals surface area contributed by atoms with E-state index >= 15 is 0 Å². The van der Waals surface area contributed by atoms with Gasteiger partial charge in [0.15, 0.2) is 0 Å². The van der Waals surface area contributed by atoms with Crippen molar-refractivity contribution in [3.05, 3.63) is 29.8 Å². The lowest BCUT2D eigenvalue weighted by atomic mass is 9.95. The van der Waals surface area contributed by atoms with Gasteiger partial charge in [0.25, 0.3) is 0 Å². The lowest BCUT2D eigenvalue weighted by Gasteiger charge is -2.26. The van der Waals surface area contributed by atoms with Crippen LogP contribution >= 0.6 is 23.4 Å². The Morgan fingerprint density at radius 2 is 1.95 bits per heavy atom. The zero-order valence-electron chi connectivity index (χ0n) is 10.8. The van der Waals surface area contributed by atoms with E-state index in [-0.39, 0.29) is 11.2 Å². The normalized spacial score (nSPS) is 29.8. The van der Waals surface area contributed by atoms with E-state index in [1.54, 1.807) is 11.8 Å². The van der Waals surface area contributed by atoms with E-state index in [9.17, 15) is 4.79 Å². The molecule has 19 heavy (non-hydrogen) atoms. The standard InChI is InChI=1S/C15H18ClNOS/c16-11-5-7-12(8-6-11)17-15(18)14-9-10-3-1-2-4-13(10)19-14/h1-4,11-12,14H,5-9H2,(H,17,18). The average Bonchev–Trinajstić information content (AvgIpc) is 2.85. The van der Waals surface area contributed by atoms with E-state index in [0.29, 0.717) is 11.4 Å². The summed E-state index contributed by atoms with van der Waals surface area (Å²) >= 11 is 7.78. The summed E-state index contributed by atoms with van der Waals surface area (Å²) in [7, 11) is 0. The van der Waals surface area contributed by atoms with Crippen molar-refractivity contribution in [1.82, 2.24) is 5.32 Å². The smallest absolute Gasteiger partial charge is 0.234 e. The number of nitrogens with one attached hydrogen (secondary N) is 1. The maximum absolute atomic E-state index is 12.3. The van der Waals surface area contributed by atoms with Crippen LogP contribution in [0.4, 0.5) is 0 Å². The fourth-order valence-electron chi connectivity index (χ4n) is 2.82. The number of carbonyl (C=O) groups excluding carboxylic acids is 1. The summed E-state index contributed by atoms with van der Waals surface area (Å²) in [4.78, 5) is 13.6. The highest BCUT2D eigenvalue weighted by atomic mass is 35.5. The zero-order valence-corrected chi connectivity index (χ0v) is 12.3. The third-order valence-corrected chi connectivity index (χ3v) is 5.70. The van der Waals surface area contributed by atoms with Crippen molar-refractivity contribution in [3.63, 3.8) is 0 Å². The van der Waals surface area contributed by atoms with E-state index < -0.39 is 0 Å². The van der Waals surface area contributed by atoms with E-state index in [1.165, 1.54) is 10.5 Å². The molecule has 2 aliphatic rings. The van der Waals surface area contributed by atoms with Gasteiger partial charge < -0.3 is 5.32 Å². The van der Waals surface area contributed by atoms with Crippen LogP contribution in [-0.4, -0.2) is 22.6 Å². The molecule has 1 aromatic rings. The summed E-state index contributed by atoms with van der Waals surface area (Å²) in [6, 6.07) is 8.63. The molecule has 102 valence electrons. The second-order valence-electron chi connectivity index (χ2n) is 5.38. The van der Waals surface area contributed by atoms with Crippen molar-refractivity contribution in [3.8, 4) is 0 Å². The van der Waals surface area contributed by atoms with Crippen molar-refractivity contribution in [2.24, 2.45) is 0 Å². The predicted molar refractivity (Wildman–Crippen MR) is 79.8 cm³/mol. The van der Waals surface area contributed by atoms with Gasteiger partial charge in [-0.25, -0.2) is 0 Å². The quantitative estimate of drug-likeness (QED) is 0.848. The summed E-state index contributed by atoms with van der Waals surface area (Å²) in [6.45, 7) is 0. The van der Waals surface area contributed by atoms with Crippen molar-refractivity contribution in [2.45, 2.75) is 53.7 Å². The number of halogens is 1. The van der Waals surface area contributed by atoms with Crippen LogP contribution < -0.4 is 5.32 Å². The van der Waals surface area contributed by atoms with Gasteiger partial charge in [-0.2, -0.15) is 0 Å². The van der Waals surface area contributed by atoms with Crippen molar-refractivity contribution >= 4 is 29.3 Å². The van der Waals surface area contributed by atoms with Gasteiger partial charge in [-0.05, 0) is 43.7 Å². The molecule has 4 heteroatoms. The van der Waals surface area contributed by atoms with Crippen molar-refractivity contribution in [2.75, 3.05) is 0 Å². The monoisotopic (exact) mass is 295 g/mol. The second kappa shape index (κ2) is 5.76. The molecule has 1 N–H and O–H groups in total. The van der Waals surface area contributed by atoms with E-state index in [0.717, 1.165) is 32.1 Å². The number of alkyl halides is 1. The minimum Gasteiger partial charge on any atom is -0.352 e. The first-order valence-corrected chi connectivity index (χ1v) is 8.23. The number of thioether (sulfide) groups is 1. The minimum atomic E-state index is 0.0473. The van der Waals surface area contributed by atoms with Gasteiger partial charge in [0.2, 0.25) is 5.91 Å². The van der Waals surface area contributed by atoms with Gasteiger partial charge in [0, 0.05) is 16.3 Å². The van der Waals surface area contributed by atoms with Crippen LogP contribution in [0, 0.1) is 0 Å². The number of benzene rings is 1. The topological polar surface area (TPSA) is 29.1 Å². The van der Waals surface area contributed by atoms with Crippen LogP contribution in [0.1, 0.15) is 31.2 Å². The van der Waals surface area contributed by atoms with Gasteiger partial charge in [0.1, 0.15) is 0 Å². The number of rotatable bonds is 2. The first-order chi connectivity index (χ1) is 9.22. The summed E-state index contributed by atoms with van der Waals surface area (Å²) < 4.78 is 0. The molecule has 1 unspecified atom stereocenters. The summed E-state index contributed by atoms with van der Waals surface area (Å²) in [6.07, 6.45) is 4.93. The predicted octanol–water partition coefficient (Wildman–Crippen LogP) is 3.37. The molecular formula is C15H18ClNOS. The fourth-order valence-corrected chi connectivity index (χ4v) is 4.28. The van der Waals surface area contributed by atoms with Gasteiger partial charge in [-0.1, -0.05) is 18.2 Å². The maximum Gasteiger partial charge on any atom is 0.234 e. The van der Waals surface area contributed by atoms with Crippen LogP contribution in [0.25, 0.3) is 0 Å². The molecule has 1 saturated carbocycles. The molecule has 1 aromatic carbocycles. The van der Waals surface area contributed by atoms with Gasteiger partial charge >= 0.3 is 0 Å². The highest BCUT2D eigenvalue weighted by molar-refractivity contribution is 8.01. The minimum absolute atomic E-state index is 0.0473. The number of hydrogen-bond acceptors (Lipinski definition) is 2. The van der Waals surface area contributed by atoms with Crippen molar-refractivity contribution in [1.29, 1.82) is 0 Å². The number of amides is 1. The Morgan fingerprint density at radius 1 is 1.21 bits per heavy atom. The van der Waals surface area contributed by atoms with Crippen molar-refractivity contribution < 1.29 is 4.79 Å². The SMILES string of the molecule is O=C(NC1CCC(Cl)CC1)C1Cc2ccccc2S1. The Kier molecular flexibility index (Phi) is 4.04. The average molecular weight is 296 g/mol. The third kappa shape index (κ3) is 3.09. The lowest BCUT2D eigenvalue weighted by Crippen LogP contribution is -2.42. The van der Waals surface area contributed by atoms with Crippen LogP contribution in [0.2, 0.25) is 0 Å². The Labute approximate surface area is 123 Å². The Morgan fingerprint density at radius 3 is 2.68 bits per heavy atom. The summed E-state index contributed by atoms with van der Waals surface area (Å²) in [5, 5.41) is 3.55. The number of hydrogen-bond donors (Lipinski definition) is 1. The Hall–Kier alpha value is -0.670. The highest BCUT2D eigenvalue weighted by Crippen LogP contribution is 2.37. The Bertz CT molecular complexity index is 446. The molecule has 1 aliphatic heterocycles. The molecule has 0 saturated heterocycles. The number of carbonyl (C=O) groups is 1. The summed E-state index contributed by atoms with van der Waals surface area (Å²) in [5.74, 6) is 0.194. The molecule has 1 heterocycles. The van der Waals surface area contributed by atoms with Gasteiger partial charge in [-0.3, -0.25) is 4.79 Å². The molecule has 0 radical (unpaired) electrons. The maximum atomic E-state index is 12.3. The van der Waals surface area contributed by atoms with E-state index in [1.807, 2.05) is 12.1 Å². The molecular weight excluding hydrogens is 278 g/mol. The van der Waals surface area contributed by atoms with Crippen LogP contribution in [-0.2, 0) is 11.2 Å². The highest BCUT2D eigenvalue weighted by Gasteiger charge is 2.30. The zero-order chi connectivity index (χ0) is 13.2. The largest absolute Gasteiger partial charge is 0.352 e. The number of fused-ring (bicyclic) bond motifs is 1. The fraction of sp³-hybridized carbons (Fsp3) is 0.533.